The van der Waals surface area contributed by atoms with Gasteiger partial charge in [0.1, 0.15) is 0 Å². The zero-order valence-corrected chi connectivity index (χ0v) is 7.54. The second kappa shape index (κ2) is 4.67. The first-order valence-corrected chi connectivity index (χ1v) is 3.74. The lowest BCUT2D eigenvalue weighted by Gasteiger charge is -2.07. The summed E-state index contributed by atoms with van der Waals surface area (Å²) < 4.78 is 27.7. The van der Waals surface area contributed by atoms with Gasteiger partial charge in [-0.25, -0.2) is 0 Å². The zero-order chi connectivity index (χ0) is 9.68. The van der Waals surface area contributed by atoms with Crippen molar-refractivity contribution in [2.45, 2.75) is 0 Å². The van der Waals surface area contributed by atoms with Crippen LogP contribution in [0.25, 0.3) is 0 Å². The summed E-state index contributed by atoms with van der Waals surface area (Å²) in [5.74, 6) is -0.225. The minimum absolute atomic E-state index is 0.0179. The molecule has 3 nitrogen and oxygen atoms in total. The largest absolute Gasteiger partial charge is 0.494 e. The Balaban J connectivity index is 2.81. The van der Waals surface area contributed by atoms with Gasteiger partial charge in [-0.15, -0.1) is 0 Å². The SMILES string of the molecule is COCOc1cccc(OC)c1F. The standard InChI is InChI=1S/C9H11FO3/c1-11-6-13-8-5-3-4-7(12-2)9(8)10/h3-5H,6H2,1-2H3. The molecule has 0 amide bonds. The normalized spacial score (nSPS) is 9.77. The first-order valence-electron chi connectivity index (χ1n) is 3.74. The maximum atomic E-state index is 13.3. The van der Waals surface area contributed by atoms with E-state index in [-0.39, 0.29) is 18.3 Å². The highest BCUT2D eigenvalue weighted by atomic mass is 19.1. The summed E-state index contributed by atoms with van der Waals surface area (Å²) in [5, 5.41) is 0. The van der Waals surface area contributed by atoms with Crippen LogP contribution in [0.5, 0.6) is 11.5 Å². The molecule has 0 atom stereocenters. The van der Waals surface area contributed by atoms with E-state index in [9.17, 15) is 4.39 Å². The van der Waals surface area contributed by atoms with Crippen molar-refractivity contribution in [3.05, 3.63) is 24.0 Å². The van der Waals surface area contributed by atoms with Gasteiger partial charge in [0.25, 0.3) is 0 Å². The second-order valence-electron chi connectivity index (χ2n) is 2.32. The van der Waals surface area contributed by atoms with E-state index in [1.807, 2.05) is 0 Å². The molecule has 72 valence electrons. The highest BCUT2D eigenvalue weighted by molar-refractivity contribution is 5.35. The van der Waals surface area contributed by atoms with E-state index >= 15 is 0 Å². The van der Waals surface area contributed by atoms with Crippen LogP contribution < -0.4 is 9.47 Å². The van der Waals surface area contributed by atoms with E-state index in [0.29, 0.717) is 0 Å². The topological polar surface area (TPSA) is 27.7 Å². The highest BCUT2D eigenvalue weighted by Gasteiger charge is 2.08. The molecule has 0 aliphatic rings. The Morgan fingerprint density at radius 1 is 1.23 bits per heavy atom. The number of hydrogen-bond donors (Lipinski definition) is 0. The van der Waals surface area contributed by atoms with Gasteiger partial charge in [-0.1, -0.05) is 6.07 Å². The number of methoxy groups -OCH3 is 2. The summed E-state index contributed by atoms with van der Waals surface area (Å²) in [4.78, 5) is 0. The average Bonchev–Trinajstić information content (AvgIpc) is 2.16. The smallest absolute Gasteiger partial charge is 0.206 e. The molecule has 0 aliphatic heterocycles. The van der Waals surface area contributed by atoms with Crippen LogP contribution in [0.4, 0.5) is 4.39 Å². The number of rotatable bonds is 4. The molecular formula is C9H11FO3. The number of halogens is 1. The summed E-state index contributed by atoms with van der Waals surface area (Å²) in [6.07, 6.45) is 0. The quantitative estimate of drug-likeness (QED) is 0.671. The van der Waals surface area contributed by atoms with E-state index in [1.165, 1.54) is 26.4 Å². The van der Waals surface area contributed by atoms with Crippen LogP contribution >= 0.6 is 0 Å². The van der Waals surface area contributed by atoms with Crippen LogP contribution in [0, 0.1) is 5.82 Å². The lowest BCUT2D eigenvalue weighted by Crippen LogP contribution is -2.01. The van der Waals surface area contributed by atoms with Crippen LogP contribution in [0.2, 0.25) is 0 Å². The minimum atomic E-state index is -0.512. The maximum absolute atomic E-state index is 13.3. The molecule has 0 radical (unpaired) electrons. The van der Waals surface area contributed by atoms with Crippen molar-refractivity contribution < 1.29 is 18.6 Å². The van der Waals surface area contributed by atoms with Gasteiger partial charge in [-0.2, -0.15) is 4.39 Å². The average molecular weight is 186 g/mol. The van der Waals surface area contributed by atoms with Crippen molar-refractivity contribution in [2.75, 3.05) is 21.0 Å². The molecule has 4 heteroatoms. The van der Waals surface area contributed by atoms with Gasteiger partial charge >= 0.3 is 0 Å². The molecule has 0 unspecified atom stereocenters. The molecule has 1 rings (SSSR count). The first kappa shape index (κ1) is 9.80. The van der Waals surface area contributed by atoms with Crippen molar-refractivity contribution in [1.82, 2.24) is 0 Å². The number of ether oxygens (including phenoxy) is 3. The summed E-state index contributed by atoms with van der Waals surface area (Å²) >= 11 is 0. The van der Waals surface area contributed by atoms with Gasteiger partial charge in [0.2, 0.25) is 5.82 Å². The van der Waals surface area contributed by atoms with Crippen molar-refractivity contribution >= 4 is 0 Å². The fourth-order valence-electron chi connectivity index (χ4n) is 0.882. The third-order valence-corrected chi connectivity index (χ3v) is 1.48. The lowest BCUT2D eigenvalue weighted by molar-refractivity contribution is 0.0479. The van der Waals surface area contributed by atoms with E-state index < -0.39 is 5.82 Å². The summed E-state index contributed by atoms with van der Waals surface area (Å²) in [5.41, 5.74) is 0. The van der Waals surface area contributed by atoms with Crippen LogP contribution in [0.3, 0.4) is 0 Å². The van der Waals surface area contributed by atoms with Crippen molar-refractivity contribution in [1.29, 1.82) is 0 Å². The Labute approximate surface area is 76.0 Å². The molecule has 0 N–H and O–H groups in total. The fourth-order valence-corrected chi connectivity index (χ4v) is 0.882. The predicted octanol–water partition coefficient (Wildman–Crippen LogP) is 1.82. The third-order valence-electron chi connectivity index (χ3n) is 1.48. The molecule has 0 aromatic heterocycles. The van der Waals surface area contributed by atoms with Crippen LogP contribution in [0.1, 0.15) is 0 Å². The van der Waals surface area contributed by atoms with Gasteiger partial charge in [-0.3, -0.25) is 0 Å². The molecule has 0 fully saturated rings. The second-order valence-corrected chi connectivity index (χ2v) is 2.32. The van der Waals surface area contributed by atoms with Crippen LogP contribution in [-0.2, 0) is 4.74 Å². The molecule has 1 aromatic carbocycles. The molecule has 0 aliphatic carbocycles. The number of benzene rings is 1. The zero-order valence-electron chi connectivity index (χ0n) is 7.54. The third kappa shape index (κ3) is 2.32. The summed E-state index contributed by atoms with van der Waals surface area (Å²) in [6, 6.07) is 4.68. The van der Waals surface area contributed by atoms with Crippen molar-refractivity contribution in [2.24, 2.45) is 0 Å². The van der Waals surface area contributed by atoms with E-state index in [2.05, 4.69) is 4.74 Å². The van der Waals surface area contributed by atoms with Crippen molar-refractivity contribution in [3.8, 4) is 11.5 Å². The Hall–Kier alpha value is -1.29. The predicted molar refractivity (Wildman–Crippen MR) is 45.5 cm³/mol. The van der Waals surface area contributed by atoms with Crippen LogP contribution in [0.15, 0.2) is 18.2 Å². The van der Waals surface area contributed by atoms with Gasteiger partial charge in [0, 0.05) is 7.11 Å². The molecule has 1 aromatic rings. The Bertz CT molecular complexity index is 276. The van der Waals surface area contributed by atoms with Crippen molar-refractivity contribution in [3.63, 3.8) is 0 Å². The molecule has 13 heavy (non-hydrogen) atoms. The van der Waals surface area contributed by atoms with Gasteiger partial charge in [0.05, 0.1) is 7.11 Å². The Morgan fingerprint density at radius 2 is 1.92 bits per heavy atom. The van der Waals surface area contributed by atoms with E-state index in [0.717, 1.165) is 0 Å². The Kier molecular flexibility index (Phi) is 3.52. The van der Waals surface area contributed by atoms with Gasteiger partial charge < -0.3 is 14.2 Å². The first-order chi connectivity index (χ1) is 6.29. The molecule has 0 spiro atoms. The monoisotopic (exact) mass is 186 g/mol. The molecular weight excluding hydrogens is 175 g/mol. The highest BCUT2D eigenvalue weighted by Crippen LogP contribution is 2.25. The van der Waals surface area contributed by atoms with E-state index in [1.54, 1.807) is 6.07 Å². The van der Waals surface area contributed by atoms with E-state index in [4.69, 9.17) is 9.47 Å². The fraction of sp³-hybridized carbons (Fsp3) is 0.333. The lowest BCUT2D eigenvalue weighted by atomic mass is 10.3. The maximum Gasteiger partial charge on any atom is 0.206 e. The summed E-state index contributed by atoms with van der Waals surface area (Å²) in [7, 11) is 2.87. The molecule has 0 saturated heterocycles. The van der Waals surface area contributed by atoms with Crippen LogP contribution in [-0.4, -0.2) is 21.0 Å². The number of hydrogen-bond acceptors (Lipinski definition) is 3. The molecule has 0 saturated carbocycles. The summed E-state index contributed by atoms with van der Waals surface area (Å²) in [6.45, 7) is 0.0179. The molecule has 0 heterocycles. The Morgan fingerprint density at radius 3 is 2.54 bits per heavy atom. The minimum Gasteiger partial charge on any atom is -0.494 e. The molecule has 0 bridgehead atoms. The van der Waals surface area contributed by atoms with Gasteiger partial charge in [0.15, 0.2) is 18.3 Å². The van der Waals surface area contributed by atoms with Gasteiger partial charge in [-0.05, 0) is 12.1 Å².